The van der Waals surface area contributed by atoms with Crippen LogP contribution < -0.4 is 0 Å². The number of carbonyl (C=O) groups is 1. The lowest BCUT2D eigenvalue weighted by Gasteiger charge is -2.68. The Hall–Kier alpha value is -0.910. The van der Waals surface area contributed by atoms with Crippen LogP contribution in [0.15, 0.2) is 11.6 Å². The standard InChI is InChI=1S/C22H33NO4/c1-14-11-23-12-16-6-5-15-3-2-4-17(15)21(8-7-18(25)26)19(23)22(14,27)10-9-20(16,21)13-24/h4,14-16,19,24,27H,2-3,5-13H2,1H3,(H,25,26)/t14-,15-,16-,19-,20-,21+,22+/m1/s1. The van der Waals surface area contributed by atoms with Crippen molar-refractivity contribution >= 4 is 5.97 Å². The van der Waals surface area contributed by atoms with Crippen LogP contribution >= 0.6 is 0 Å². The summed E-state index contributed by atoms with van der Waals surface area (Å²) in [6.45, 7) is 4.13. The minimum atomic E-state index is -0.764. The molecule has 5 rings (SSSR count). The zero-order chi connectivity index (χ0) is 19.0. The number of aliphatic hydroxyl groups excluding tert-OH is 1. The maximum Gasteiger partial charge on any atom is 0.303 e. The van der Waals surface area contributed by atoms with Crippen molar-refractivity contribution in [3.8, 4) is 0 Å². The Morgan fingerprint density at radius 3 is 2.81 bits per heavy atom. The molecule has 27 heavy (non-hydrogen) atoms. The zero-order valence-corrected chi connectivity index (χ0v) is 16.4. The maximum absolute atomic E-state index is 11.9. The van der Waals surface area contributed by atoms with E-state index in [2.05, 4.69) is 17.9 Å². The predicted molar refractivity (Wildman–Crippen MR) is 101 cm³/mol. The molecule has 3 N–H and O–H groups in total. The summed E-state index contributed by atoms with van der Waals surface area (Å²) in [4.78, 5) is 14.1. The highest BCUT2D eigenvalue weighted by Crippen LogP contribution is 2.73. The number of piperidine rings is 1. The summed E-state index contributed by atoms with van der Waals surface area (Å²) in [5, 5.41) is 32.3. The molecule has 3 aliphatic carbocycles. The van der Waals surface area contributed by atoms with Crippen LogP contribution in [0.3, 0.4) is 0 Å². The van der Waals surface area contributed by atoms with E-state index in [1.807, 2.05) is 0 Å². The first-order valence-electron chi connectivity index (χ1n) is 10.9. The molecule has 2 heterocycles. The van der Waals surface area contributed by atoms with Crippen LogP contribution in [-0.4, -0.2) is 57.5 Å². The second-order valence-corrected chi connectivity index (χ2v) is 10.1. The Bertz CT molecular complexity index is 692. The number of nitrogens with zero attached hydrogens (tertiary/aromatic N) is 1. The van der Waals surface area contributed by atoms with Crippen molar-refractivity contribution in [1.82, 2.24) is 4.90 Å². The van der Waals surface area contributed by atoms with Gasteiger partial charge in [0.1, 0.15) is 0 Å². The number of hydrogen-bond donors (Lipinski definition) is 3. The smallest absolute Gasteiger partial charge is 0.303 e. The topological polar surface area (TPSA) is 81.0 Å². The summed E-state index contributed by atoms with van der Waals surface area (Å²) >= 11 is 0. The Morgan fingerprint density at radius 2 is 2.07 bits per heavy atom. The number of hydrogen-bond acceptors (Lipinski definition) is 4. The van der Waals surface area contributed by atoms with Gasteiger partial charge >= 0.3 is 5.97 Å². The molecule has 4 fully saturated rings. The first-order valence-corrected chi connectivity index (χ1v) is 10.9. The van der Waals surface area contributed by atoms with Crippen molar-refractivity contribution in [2.75, 3.05) is 19.7 Å². The number of aliphatic carboxylic acids is 1. The summed E-state index contributed by atoms with van der Waals surface area (Å²) < 4.78 is 0. The van der Waals surface area contributed by atoms with Gasteiger partial charge in [-0.05, 0) is 62.7 Å². The van der Waals surface area contributed by atoms with E-state index in [-0.39, 0.29) is 30.4 Å². The largest absolute Gasteiger partial charge is 0.481 e. The second kappa shape index (κ2) is 5.80. The van der Waals surface area contributed by atoms with Crippen molar-refractivity contribution < 1.29 is 20.1 Å². The van der Waals surface area contributed by atoms with Crippen LogP contribution in [-0.2, 0) is 4.79 Å². The SMILES string of the molecule is C[C@@H]1CN2C[C@H]3CC[C@H]4CCC=C4[C@@]4(CCC(=O)O)[C@@H]2[C@]1(O)CC[C@@]34CO. The summed E-state index contributed by atoms with van der Waals surface area (Å²) in [5.41, 5.74) is -0.0220. The number of aliphatic hydroxyl groups is 2. The van der Waals surface area contributed by atoms with Gasteiger partial charge in [-0.3, -0.25) is 9.69 Å². The highest BCUT2D eigenvalue weighted by atomic mass is 16.4. The Kier molecular flexibility index (Phi) is 3.90. The molecule has 4 bridgehead atoms. The molecule has 150 valence electrons. The molecule has 0 unspecified atom stereocenters. The molecule has 2 saturated heterocycles. The van der Waals surface area contributed by atoms with Crippen LogP contribution in [0.1, 0.15) is 58.3 Å². The van der Waals surface area contributed by atoms with Gasteiger partial charge < -0.3 is 15.3 Å². The monoisotopic (exact) mass is 375 g/mol. The molecule has 5 heteroatoms. The van der Waals surface area contributed by atoms with Crippen LogP contribution in [0.4, 0.5) is 0 Å². The van der Waals surface area contributed by atoms with E-state index in [1.165, 1.54) is 5.57 Å². The maximum atomic E-state index is 11.9. The van der Waals surface area contributed by atoms with Crippen molar-refractivity contribution in [1.29, 1.82) is 0 Å². The number of fused-ring (bicyclic) bond motifs is 1. The number of allylic oxidation sites excluding steroid dienone is 1. The predicted octanol–water partition coefficient (Wildman–Crippen LogP) is 2.42. The van der Waals surface area contributed by atoms with Crippen molar-refractivity contribution in [3.05, 3.63) is 11.6 Å². The fraction of sp³-hybridized carbons (Fsp3) is 0.864. The molecule has 2 aliphatic heterocycles. The van der Waals surface area contributed by atoms with Crippen molar-refractivity contribution in [2.45, 2.75) is 69.9 Å². The molecular weight excluding hydrogens is 342 g/mol. The molecule has 7 atom stereocenters. The minimum absolute atomic E-state index is 0.0403. The fourth-order valence-corrected chi connectivity index (χ4v) is 8.45. The first kappa shape index (κ1) is 18.1. The summed E-state index contributed by atoms with van der Waals surface area (Å²) in [7, 11) is 0. The highest BCUT2D eigenvalue weighted by Gasteiger charge is 2.75. The van der Waals surface area contributed by atoms with Gasteiger partial charge in [-0.1, -0.05) is 18.6 Å². The molecular formula is C22H33NO4. The average Bonchev–Trinajstić information content (AvgIpc) is 3.19. The molecule has 0 amide bonds. The minimum Gasteiger partial charge on any atom is -0.481 e. The molecule has 0 aromatic rings. The third kappa shape index (κ3) is 2.03. The molecule has 5 aliphatic rings. The van der Waals surface area contributed by atoms with Gasteiger partial charge in [0.25, 0.3) is 0 Å². The highest BCUT2D eigenvalue weighted by molar-refractivity contribution is 5.67. The molecule has 5 nitrogen and oxygen atoms in total. The lowest BCUT2D eigenvalue weighted by Crippen LogP contribution is -2.73. The van der Waals surface area contributed by atoms with E-state index >= 15 is 0 Å². The normalized spacial score (nSPS) is 50.9. The Balaban J connectivity index is 1.76. The number of rotatable bonds is 4. The molecule has 0 spiro atoms. The van der Waals surface area contributed by atoms with Crippen molar-refractivity contribution in [3.63, 3.8) is 0 Å². The summed E-state index contributed by atoms with van der Waals surface area (Å²) in [5.74, 6) is 0.336. The average molecular weight is 376 g/mol. The first-order chi connectivity index (χ1) is 12.9. The summed E-state index contributed by atoms with van der Waals surface area (Å²) in [6, 6.07) is -0.0403. The zero-order valence-electron chi connectivity index (χ0n) is 16.4. The fourth-order valence-electron chi connectivity index (χ4n) is 8.45. The third-order valence-corrected chi connectivity index (χ3v) is 9.48. The second-order valence-electron chi connectivity index (χ2n) is 10.1. The summed E-state index contributed by atoms with van der Waals surface area (Å²) in [6.07, 6.45) is 9.08. The van der Waals surface area contributed by atoms with E-state index in [0.29, 0.717) is 18.3 Å². The Morgan fingerprint density at radius 1 is 1.26 bits per heavy atom. The van der Waals surface area contributed by atoms with E-state index in [1.54, 1.807) is 0 Å². The van der Waals surface area contributed by atoms with Gasteiger partial charge in [0.15, 0.2) is 0 Å². The van der Waals surface area contributed by atoms with Gasteiger partial charge in [-0.2, -0.15) is 0 Å². The van der Waals surface area contributed by atoms with Gasteiger partial charge in [-0.15, -0.1) is 0 Å². The van der Waals surface area contributed by atoms with Crippen LogP contribution in [0, 0.1) is 28.6 Å². The van der Waals surface area contributed by atoms with Gasteiger partial charge in [-0.25, -0.2) is 0 Å². The third-order valence-electron chi connectivity index (χ3n) is 9.48. The molecule has 0 radical (unpaired) electrons. The van der Waals surface area contributed by atoms with Crippen LogP contribution in [0.5, 0.6) is 0 Å². The molecule has 0 aromatic heterocycles. The van der Waals surface area contributed by atoms with Crippen LogP contribution in [0.25, 0.3) is 0 Å². The van der Waals surface area contributed by atoms with E-state index in [9.17, 15) is 20.1 Å². The number of carboxylic acids is 1. The van der Waals surface area contributed by atoms with Gasteiger partial charge in [0.2, 0.25) is 0 Å². The van der Waals surface area contributed by atoms with Gasteiger partial charge in [0, 0.05) is 43.0 Å². The Labute approximate surface area is 161 Å². The molecule has 0 aromatic carbocycles. The number of carboxylic acid groups (broad SMARTS) is 1. The van der Waals surface area contributed by atoms with E-state index < -0.39 is 17.0 Å². The van der Waals surface area contributed by atoms with Crippen molar-refractivity contribution in [2.24, 2.45) is 28.6 Å². The molecule has 2 saturated carbocycles. The van der Waals surface area contributed by atoms with Crippen LogP contribution in [0.2, 0.25) is 0 Å². The quantitative estimate of drug-likeness (QED) is 0.658. The van der Waals surface area contributed by atoms with E-state index in [4.69, 9.17) is 0 Å². The lowest BCUT2D eigenvalue weighted by molar-refractivity contribution is -0.220. The lowest BCUT2D eigenvalue weighted by atomic mass is 9.41. The van der Waals surface area contributed by atoms with Gasteiger partial charge in [0.05, 0.1) is 5.60 Å². The van der Waals surface area contributed by atoms with E-state index in [0.717, 1.165) is 51.6 Å².